The van der Waals surface area contributed by atoms with Crippen LogP contribution in [-0.4, -0.2) is 32.4 Å². The van der Waals surface area contributed by atoms with Crippen LogP contribution in [0.15, 0.2) is 24.3 Å². The second kappa shape index (κ2) is 5.51. The Morgan fingerprint density at radius 1 is 1.29 bits per heavy atom. The molecule has 0 radical (unpaired) electrons. The molecule has 1 N–H and O–H groups in total. The summed E-state index contributed by atoms with van der Waals surface area (Å²) in [6.07, 6.45) is 0.920. The number of anilines is 1. The molecule has 0 saturated heterocycles. The quantitative estimate of drug-likeness (QED) is 0.867. The fourth-order valence-corrected chi connectivity index (χ4v) is 2.60. The van der Waals surface area contributed by atoms with Crippen molar-refractivity contribution in [2.24, 2.45) is 0 Å². The first kappa shape index (κ1) is 14.0. The predicted molar refractivity (Wildman–Crippen MR) is 69.7 cm³/mol. The second-order valence-corrected chi connectivity index (χ2v) is 6.41. The summed E-state index contributed by atoms with van der Waals surface area (Å²) in [5.74, 6) is 0. The minimum atomic E-state index is -3.48. The lowest BCUT2D eigenvalue weighted by Gasteiger charge is -2.22. The van der Waals surface area contributed by atoms with Crippen molar-refractivity contribution in [3.8, 4) is 0 Å². The monoisotopic (exact) mass is 257 g/mol. The highest BCUT2D eigenvalue weighted by Gasteiger charge is 2.25. The zero-order chi connectivity index (χ0) is 13.1. The van der Waals surface area contributed by atoms with Gasteiger partial charge in [0.25, 0.3) is 0 Å². The molecule has 1 rings (SSSR count). The van der Waals surface area contributed by atoms with Crippen molar-refractivity contribution in [1.82, 2.24) is 0 Å². The van der Waals surface area contributed by atoms with Gasteiger partial charge in [0, 0.05) is 7.05 Å². The van der Waals surface area contributed by atoms with Gasteiger partial charge in [-0.15, -0.1) is 0 Å². The summed E-state index contributed by atoms with van der Waals surface area (Å²) in [4.78, 5) is 0. The van der Waals surface area contributed by atoms with E-state index in [0.29, 0.717) is 5.69 Å². The first-order valence-corrected chi connectivity index (χ1v) is 7.11. The first-order chi connectivity index (χ1) is 7.93. The summed E-state index contributed by atoms with van der Waals surface area (Å²) < 4.78 is 25.2. The number of aliphatic hydroxyl groups is 1. The number of benzene rings is 1. The van der Waals surface area contributed by atoms with Crippen LogP contribution < -0.4 is 4.31 Å². The molecule has 0 fully saturated rings. The molecule has 0 heterocycles. The van der Waals surface area contributed by atoms with Crippen LogP contribution in [-0.2, 0) is 16.4 Å². The summed E-state index contributed by atoms with van der Waals surface area (Å²) in [5, 5.41) is 8.15. The topological polar surface area (TPSA) is 57.6 Å². The van der Waals surface area contributed by atoms with E-state index in [1.807, 2.05) is 19.1 Å². The Morgan fingerprint density at radius 2 is 1.82 bits per heavy atom. The number of nitrogens with zero attached hydrogens (tertiary/aromatic N) is 1. The molecule has 5 heteroatoms. The van der Waals surface area contributed by atoms with Crippen LogP contribution in [0.1, 0.15) is 19.4 Å². The Morgan fingerprint density at radius 3 is 2.24 bits per heavy atom. The van der Waals surface area contributed by atoms with Crippen molar-refractivity contribution in [3.63, 3.8) is 0 Å². The van der Waals surface area contributed by atoms with Crippen molar-refractivity contribution in [1.29, 1.82) is 0 Å². The molecule has 1 aromatic rings. The predicted octanol–water partition coefficient (Wildman–Crippen LogP) is 1.40. The Kier molecular flexibility index (Phi) is 4.54. The van der Waals surface area contributed by atoms with Crippen molar-refractivity contribution < 1.29 is 13.5 Å². The first-order valence-electron chi connectivity index (χ1n) is 5.61. The summed E-state index contributed by atoms with van der Waals surface area (Å²) >= 11 is 0. The van der Waals surface area contributed by atoms with Crippen molar-refractivity contribution in [3.05, 3.63) is 29.8 Å². The third-order valence-electron chi connectivity index (χ3n) is 2.86. The molecule has 4 nitrogen and oxygen atoms in total. The summed E-state index contributed by atoms with van der Waals surface area (Å²) in [5.41, 5.74) is 1.78. The fourth-order valence-electron chi connectivity index (χ4n) is 1.45. The van der Waals surface area contributed by atoms with Gasteiger partial charge in [-0.05, 0) is 31.0 Å². The molecule has 17 heavy (non-hydrogen) atoms. The molecule has 1 aromatic carbocycles. The van der Waals surface area contributed by atoms with E-state index in [1.54, 1.807) is 12.1 Å². The number of sulfonamides is 1. The lowest BCUT2D eigenvalue weighted by Crippen LogP contribution is -2.36. The number of aliphatic hydroxyl groups excluding tert-OH is 1. The third-order valence-corrected chi connectivity index (χ3v) is 5.00. The Bertz CT molecular complexity index is 453. The van der Waals surface area contributed by atoms with Gasteiger partial charge in [-0.25, -0.2) is 8.42 Å². The van der Waals surface area contributed by atoms with Crippen LogP contribution in [0.5, 0.6) is 0 Å². The van der Waals surface area contributed by atoms with E-state index >= 15 is 0 Å². The molecule has 1 unspecified atom stereocenters. The van der Waals surface area contributed by atoms with Gasteiger partial charge < -0.3 is 5.11 Å². The smallest absolute Gasteiger partial charge is 0.239 e. The van der Waals surface area contributed by atoms with Gasteiger partial charge in [0.1, 0.15) is 5.25 Å². The lowest BCUT2D eigenvalue weighted by molar-refractivity contribution is 0.295. The molecule has 0 aromatic heterocycles. The van der Waals surface area contributed by atoms with Crippen molar-refractivity contribution in [2.45, 2.75) is 25.5 Å². The molecule has 0 saturated carbocycles. The zero-order valence-corrected chi connectivity index (χ0v) is 11.2. The Labute approximate surface area is 103 Å². The molecule has 96 valence electrons. The highest BCUT2D eigenvalue weighted by atomic mass is 32.2. The molecule has 1 atom stereocenters. The van der Waals surface area contributed by atoms with Crippen molar-refractivity contribution >= 4 is 15.7 Å². The Hall–Kier alpha value is -1.07. The standard InChI is InChI=1S/C12H19NO3S/c1-4-11-5-7-12(8-6-11)13(3)17(15,16)10(2)9-14/h5-8,10,14H,4,9H2,1-3H3. The highest BCUT2D eigenvalue weighted by molar-refractivity contribution is 7.93. The normalized spacial score (nSPS) is 13.4. The van der Waals surface area contributed by atoms with Crippen LogP contribution in [0.4, 0.5) is 5.69 Å². The SMILES string of the molecule is CCc1ccc(N(C)S(=O)(=O)C(C)CO)cc1. The van der Waals surface area contributed by atoms with E-state index in [1.165, 1.54) is 18.3 Å². The van der Waals surface area contributed by atoms with Crippen LogP contribution in [0.2, 0.25) is 0 Å². The van der Waals surface area contributed by atoms with E-state index in [4.69, 9.17) is 5.11 Å². The molecular formula is C12H19NO3S. The van der Waals surface area contributed by atoms with Gasteiger partial charge in [-0.3, -0.25) is 4.31 Å². The van der Waals surface area contributed by atoms with Gasteiger partial charge in [0.05, 0.1) is 12.3 Å². The van der Waals surface area contributed by atoms with Crippen LogP contribution in [0.25, 0.3) is 0 Å². The van der Waals surface area contributed by atoms with E-state index in [9.17, 15) is 8.42 Å². The summed E-state index contributed by atoms with van der Waals surface area (Å²) in [7, 11) is -1.98. The molecule has 0 bridgehead atoms. The minimum Gasteiger partial charge on any atom is -0.395 e. The van der Waals surface area contributed by atoms with Crippen LogP contribution in [0.3, 0.4) is 0 Å². The van der Waals surface area contributed by atoms with Gasteiger partial charge in [0.2, 0.25) is 10.0 Å². The molecule has 0 aliphatic carbocycles. The minimum absolute atomic E-state index is 0.375. The van der Waals surface area contributed by atoms with E-state index in [2.05, 4.69) is 0 Å². The van der Waals surface area contributed by atoms with Crippen molar-refractivity contribution in [2.75, 3.05) is 18.0 Å². The third kappa shape index (κ3) is 2.98. The highest BCUT2D eigenvalue weighted by Crippen LogP contribution is 2.19. The molecule has 0 spiro atoms. The largest absolute Gasteiger partial charge is 0.395 e. The van der Waals surface area contributed by atoms with E-state index < -0.39 is 15.3 Å². The number of hydrogen-bond acceptors (Lipinski definition) is 3. The molecule has 0 aliphatic heterocycles. The zero-order valence-electron chi connectivity index (χ0n) is 10.4. The number of hydrogen-bond donors (Lipinski definition) is 1. The maximum absolute atomic E-state index is 12.0. The molecular weight excluding hydrogens is 238 g/mol. The number of aryl methyl sites for hydroxylation is 1. The van der Waals surface area contributed by atoms with Gasteiger partial charge in [-0.1, -0.05) is 19.1 Å². The molecule has 0 amide bonds. The van der Waals surface area contributed by atoms with Crippen LogP contribution >= 0.6 is 0 Å². The second-order valence-electron chi connectivity index (χ2n) is 4.03. The van der Waals surface area contributed by atoms with Gasteiger partial charge in [-0.2, -0.15) is 0 Å². The van der Waals surface area contributed by atoms with Crippen LogP contribution in [0, 0.1) is 0 Å². The summed E-state index contributed by atoms with van der Waals surface area (Å²) in [6, 6.07) is 7.37. The lowest BCUT2D eigenvalue weighted by atomic mass is 10.1. The maximum atomic E-state index is 12.0. The van der Waals surface area contributed by atoms with E-state index in [-0.39, 0.29) is 6.61 Å². The van der Waals surface area contributed by atoms with Gasteiger partial charge in [0.15, 0.2) is 0 Å². The fraction of sp³-hybridized carbons (Fsp3) is 0.500. The average molecular weight is 257 g/mol. The van der Waals surface area contributed by atoms with Gasteiger partial charge >= 0.3 is 0 Å². The maximum Gasteiger partial charge on any atom is 0.239 e. The summed E-state index contributed by atoms with van der Waals surface area (Å²) in [6.45, 7) is 3.16. The average Bonchev–Trinajstić information content (AvgIpc) is 2.36. The van der Waals surface area contributed by atoms with E-state index in [0.717, 1.165) is 12.0 Å². The molecule has 0 aliphatic rings. The Balaban J connectivity index is 2.99. The number of rotatable bonds is 5.